The number of pyridine rings is 1. The Hall–Kier alpha value is -4.25. The zero-order valence-electron chi connectivity index (χ0n) is 22.7. The number of amides is 1. The summed E-state index contributed by atoms with van der Waals surface area (Å²) in [6.45, 7) is 11.7. The number of likely N-dealkylation sites (N-methyl/N-ethyl adjacent to an activating group) is 1. The number of carbonyl (C=O) groups excluding carboxylic acids is 1. The topological polar surface area (TPSA) is 118 Å². The summed E-state index contributed by atoms with van der Waals surface area (Å²) in [6.07, 6.45) is 4.60. The van der Waals surface area contributed by atoms with Crippen molar-refractivity contribution >= 4 is 34.9 Å². The molecule has 0 aliphatic carbocycles. The molecule has 11 heteroatoms. The van der Waals surface area contributed by atoms with E-state index in [1.165, 1.54) is 12.4 Å². The second-order valence-corrected chi connectivity index (χ2v) is 9.94. The Labute approximate surface area is 222 Å². The minimum atomic E-state index is -0.360. The number of nitrogens with one attached hydrogen (secondary N) is 2. The predicted molar refractivity (Wildman–Crippen MR) is 148 cm³/mol. The maximum atomic E-state index is 12.1. The molecule has 1 aromatic carbocycles. The summed E-state index contributed by atoms with van der Waals surface area (Å²) in [4.78, 5) is 34.1. The van der Waals surface area contributed by atoms with Crippen LogP contribution in [-0.2, 0) is 10.2 Å². The average Bonchev–Trinajstić information content (AvgIpc) is 3.14. The van der Waals surface area contributed by atoms with E-state index in [2.05, 4.69) is 50.9 Å². The average molecular weight is 519 g/mol. The lowest BCUT2D eigenvalue weighted by molar-refractivity contribution is -0.111. The van der Waals surface area contributed by atoms with Crippen molar-refractivity contribution in [2.75, 3.05) is 56.4 Å². The van der Waals surface area contributed by atoms with Crippen LogP contribution in [0.3, 0.4) is 0 Å². The number of fused-ring (bicyclic) bond motifs is 1. The Kier molecular flexibility index (Phi) is 7.77. The molecule has 2 aromatic heterocycles. The van der Waals surface area contributed by atoms with Crippen LogP contribution in [0, 0.1) is 6.92 Å². The van der Waals surface area contributed by atoms with E-state index in [0.29, 0.717) is 54.5 Å². The molecule has 11 nitrogen and oxygen atoms in total. The first kappa shape index (κ1) is 26.8. The van der Waals surface area contributed by atoms with E-state index in [4.69, 9.17) is 14.5 Å². The number of carbonyl (C=O) groups is 1. The first-order valence-electron chi connectivity index (χ1n) is 12.2. The summed E-state index contributed by atoms with van der Waals surface area (Å²) >= 11 is 0. The van der Waals surface area contributed by atoms with Crippen LogP contribution in [0.5, 0.6) is 11.5 Å². The molecular formula is C27H34N8O3. The SMILES string of the molecule is C=CC(=O)Nc1cc(Nc2ncnc(N3CC(C)(C)c4cnc(C)cc43)n2)c(OC)cc1OCCN(C)C. The summed E-state index contributed by atoms with van der Waals surface area (Å²) in [7, 11) is 5.48. The van der Waals surface area contributed by atoms with E-state index in [1.54, 1.807) is 19.2 Å². The van der Waals surface area contributed by atoms with E-state index < -0.39 is 0 Å². The number of methoxy groups -OCH3 is 1. The van der Waals surface area contributed by atoms with Crippen molar-refractivity contribution in [3.05, 3.63) is 54.6 Å². The van der Waals surface area contributed by atoms with Gasteiger partial charge in [0.25, 0.3) is 0 Å². The number of nitrogens with zero attached hydrogens (tertiary/aromatic N) is 6. The Morgan fingerprint density at radius 2 is 1.97 bits per heavy atom. The Bertz CT molecular complexity index is 1340. The quantitative estimate of drug-likeness (QED) is 0.384. The van der Waals surface area contributed by atoms with Crippen molar-refractivity contribution in [1.82, 2.24) is 24.8 Å². The molecule has 0 spiro atoms. The Morgan fingerprint density at radius 1 is 1.18 bits per heavy atom. The van der Waals surface area contributed by atoms with Crippen molar-refractivity contribution in [3.8, 4) is 11.5 Å². The van der Waals surface area contributed by atoms with Crippen LogP contribution in [-0.4, -0.2) is 71.6 Å². The number of aryl methyl sites for hydroxylation is 1. The van der Waals surface area contributed by atoms with Crippen LogP contribution in [0.4, 0.5) is 29.0 Å². The number of rotatable bonds is 10. The fourth-order valence-electron chi connectivity index (χ4n) is 4.20. The molecule has 38 heavy (non-hydrogen) atoms. The molecule has 0 saturated heterocycles. The highest BCUT2D eigenvalue weighted by molar-refractivity contribution is 6.00. The maximum absolute atomic E-state index is 12.1. The minimum Gasteiger partial charge on any atom is -0.494 e. The molecule has 2 N–H and O–H groups in total. The number of ether oxygens (including phenoxy) is 2. The molecule has 1 amide bonds. The maximum Gasteiger partial charge on any atom is 0.247 e. The highest BCUT2D eigenvalue weighted by Gasteiger charge is 2.37. The van der Waals surface area contributed by atoms with E-state index in [0.717, 1.165) is 16.9 Å². The van der Waals surface area contributed by atoms with Gasteiger partial charge in [0.1, 0.15) is 24.4 Å². The molecule has 3 aromatic rings. The second kappa shape index (κ2) is 11.0. The van der Waals surface area contributed by atoms with Crippen molar-refractivity contribution in [2.24, 2.45) is 0 Å². The fourth-order valence-corrected chi connectivity index (χ4v) is 4.20. The molecule has 0 fully saturated rings. The monoisotopic (exact) mass is 518 g/mol. The van der Waals surface area contributed by atoms with Crippen LogP contribution >= 0.6 is 0 Å². The third-order valence-corrected chi connectivity index (χ3v) is 6.18. The van der Waals surface area contributed by atoms with Gasteiger partial charge in [-0.2, -0.15) is 4.98 Å². The van der Waals surface area contributed by atoms with Crippen LogP contribution in [0.1, 0.15) is 25.1 Å². The Morgan fingerprint density at radius 3 is 2.68 bits per heavy atom. The molecule has 200 valence electrons. The van der Waals surface area contributed by atoms with Gasteiger partial charge in [-0.05, 0) is 39.2 Å². The molecular weight excluding hydrogens is 484 g/mol. The van der Waals surface area contributed by atoms with Crippen LogP contribution in [0.25, 0.3) is 0 Å². The van der Waals surface area contributed by atoms with Gasteiger partial charge in [0.05, 0.1) is 24.2 Å². The van der Waals surface area contributed by atoms with Gasteiger partial charge in [-0.25, -0.2) is 9.97 Å². The lowest BCUT2D eigenvalue weighted by Gasteiger charge is -2.21. The molecule has 3 heterocycles. The van der Waals surface area contributed by atoms with Crippen LogP contribution in [0.15, 0.2) is 43.4 Å². The summed E-state index contributed by atoms with van der Waals surface area (Å²) in [6, 6.07) is 5.49. The van der Waals surface area contributed by atoms with E-state index in [1.807, 2.05) is 38.2 Å². The molecule has 0 saturated carbocycles. The van der Waals surface area contributed by atoms with Crippen molar-refractivity contribution < 1.29 is 14.3 Å². The van der Waals surface area contributed by atoms with Gasteiger partial charge >= 0.3 is 0 Å². The largest absolute Gasteiger partial charge is 0.494 e. The second-order valence-electron chi connectivity index (χ2n) is 9.94. The molecule has 1 aliphatic rings. The van der Waals surface area contributed by atoms with Gasteiger partial charge in [0, 0.05) is 42.0 Å². The highest BCUT2D eigenvalue weighted by Crippen LogP contribution is 2.43. The summed E-state index contributed by atoms with van der Waals surface area (Å²) < 4.78 is 11.6. The number of hydrogen-bond acceptors (Lipinski definition) is 10. The van der Waals surface area contributed by atoms with Crippen molar-refractivity contribution in [3.63, 3.8) is 0 Å². The van der Waals surface area contributed by atoms with Gasteiger partial charge in [0.15, 0.2) is 0 Å². The fraction of sp³-hybridized carbons (Fsp3) is 0.370. The number of benzene rings is 1. The summed E-state index contributed by atoms with van der Waals surface area (Å²) in [5.74, 6) is 1.45. The van der Waals surface area contributed by atoms with E-state index in [9.17, 15) is 4.79 Å². The first-order chi connectivity index (χ1) is 18.1. The summed E-state index contributed by atoms with van der Waals surface area (Å²) in [5, 5.41) is 6.01. The third kappa shape index (κ3) is 5.83. The highest BCUT2D eigenvalue weighted by atomic mass is 16.5. The smallest absolute Gasteiger partial charge is 0.247 e. The number of anilines is 5. The van der Waals surface area contributed by atoms with Gasteiger partial charge in [0.2, 0.25) is 17.8 Å². The zero-order chi connectivity index (χ0) is 27.4. The number of hydrogen-bond donors (Lipinski definition) is 2. The normalized spacial score (nSPS) is 13.7. The van der Waals surface area contributed by atoms with Gasteiger partial charge in [-0.3, -0.25) is 9.78 Å². The van der Waals surface area contributed by atoms with Crippen molar-refractivity contribution in [1.29, 1.82) is 0 Å². The van der Waals surface area contributed by atoms with Gasteiger partial charge < -0.3 is 29.9 Å². The van der Waals surface area contributed by atoms with E-state index in [-0.39, 0.29) is 11.3 Å². The predicted octanol–water partition coefficient (Wildman–Crippen LogP) is 3.82. The summed E-state index contributed by atoms with van der Waals surface area (Å²) in [5.41, 5.74) is 4.00. The van der Waals surface area contributed by atoms with E-state index >= 15 is 0 Å². The minimum absolute atomic E-state index is 0.111. The van der Waals surface area contributed by atoms with Gasteiger partial charge in [-0.15, -0.1) is 0 Å². The van der Waals surface area contributed by atoms with Crippen LogP contribution in [0.2, 0.25) is 0 Å². The lowest BCUT2D eigenvalue weighted by Crippen LogP contribution is -2.26. The molecule has 0 radical (unpaired) electrons. The molecule has 4 rings (SSSR count). The standard InChI is InChI=1S/C27H34N8O3/c1-8-24(36)31-20-12-19(22(37-7)13-23(20)38-10-9-34(5)6)32-25-29-16-30-26(33-25)35-15-27(3,4)18-14-28-17(2)11-21(18)35/h8,11-14,16H,1,9-10,15H2,2-7H3,(H,31,36)(H,29,30,32,33). The molecule has 1 aliphatic heterocycles. The molecule has 0 unspecified atom stereocenters. The van der Waals surface area contributed by atoms with Crippen LogP contribution < -0.4 is 25.0 Å². The third-order valence-electron chi connectivity index (χ3n) is 6.18. The lowest BCUT2D eigenvalue weighted by atomic mass is 9.88. The van der Waals surface area contributed by atoms with Gasteiger partial charge in [-0.1, -0.05) is 20.4 Å². The van der Waals surface area contributed by atoms with Crippen molar-refractivity contribution in [2.45, 2.75) is 26.2 Å². The number of aromatic nitrogens is 4. The molecule has 0 bridgehead atoms. The Balaban J connectivity index is 1.65. The molecule has 0 atom stereocenters. The zero-order valence-corrected chi connectivity index (χ0v) is 22.7. The first-order valence-corrected chi connectivity index (χ1v) is 12.2.